The summed E-state index contributed by atoms with van der Waals surface area (Å²) in [5.74, 6) is 0.870. The van der Waals surface area contributed by atoms with E-state index in [1.165, 1.54) is 0 Å². The third-order valence-corrected chi connectivity index (χ3v) is 3.11. The van der Waals surface area contributed by atoms with Gasteiger partial charge >= 0.3 is 0 Å². The fourth-order valence-electron chi connectivity index (χ4n) is 2.05. The van der Waals surface area contributed by atoms with Gasteiger partial charge in [0.1, 0.15) is 5.75 Å². The minimum atomic E-state index is 0.769. The van der Waals surface area contributed by atoms with Gasteiger partial charge in [0.25, 0.3) is 0 Å². The quantitative estimate of drug-likeness (QED) is 0.875. The summed E-state index contributed by atoms with van der Waals surface area (Å²) in [5.41, 5.74) is 3.30. The second kappa shape index (κ2) is 6.80. The molecule has 0 amide bonds. The molecule has 1 N–H and O–H groups in total. The van der Waals surface area contributed by atoms with E-state index in [1.807, 2.05) is 36.5 Å². The largest absolute Gasteiger partial charge is 0.497 e. The van der Waals surface area contributed by atoms with Gasteiger partial charge in [-0.05, 0) is 43.3 Å². The highest BCUT2D eigenvalue weighted by molar-refractivity contribution is 5.49. The van der Waals surface area contributed by atoms with Gasteiger partial charge in [0.2, 0.25) is 0 Å². The van der Waals surface area contributed by atoms with E-state index in [9.17, 15) is 0 Å². The van der Waals surface area contributed by atoms with E-state index >= 15 is 0 Å². The maximum absolute atomic E-state index is 5.17. The predicted octanol–water partition coefficient (Wildman–Crippen LogP) is 3.16. The molecule has 20 heavy (non-hydrogen) atoms. The van der Waals surface area contributed by atoms with Gasteiger partial charge in [-0.3, -0.25) is 4.98 Å². The molecule has 0 fully saturated rings. The molecular weight excluding hydrogens is 250 g/mol. The molecule has 1 heterocycles. The average molecular weight is 271 g/mol. The van der Waals surface area contributed by atoms with Gasteiger partial charge in [-0.25, -0.2) is 0 Å². The molecular formula is C16H21N3O. The Kier molecular flexibility index (Phi) is 4.82. The van der Waals surface area contributed by atoms with E-state index in [-0.39, 0.29) is 0 Å². The van der Waals surface area contributed by atoms with E-state index in [2.05, 4.69) is 35.2 Å². The number of rotatable bonds is 6. The van der Waals surface area contributed by atoms with Crippen LogP contribution in [-0.2, 0) is 6.54 Å². The van der Waals surface area contributed by atoms with Crippen molar-refractivity contribution in [2.45, 2.75) is 13.5 Å². The van der Waals surface area contributed by atoms with Gasteiger partial charge < -0.3 is 15.0 Å². The molecule has 0 bridgehead atoms. The highest BCUT2D eigenvalue weighted by atomic mass is 16.5. The molecule has 1 aromatic carbocycles. The number of nitrogens with one attached hydrogen (secondary N) is 1. The summed E-state index contributed by atoms with van der Waals surface area (Å²) in [6, 6.07) is 12.1. The zero-order valence-electron chi connectivity index (χ0n) is 12.3. The molecule has 0 radical (unpaired) electrons. The van der Waals surface area contributed by atoms with Crippen molar-refractivity contribution in [3.8, 4) is 5.75 Å². The minimum Gasteiger partial charge on any atom is -0.497 e. The van der Waals surface area contributed by atoms with Crippen molar-refractivity contribution in [1.29, 1.82) is 0 Å². The van der Waals surface area contributed by atoms with Gasteiger partial charge in [-0.2, -0.15) is 0 Å². The first-order chi connectivity index (χ1) is 9.72. The number of anilines is 2. The van der Waals surface area contributed by atoms with Crippen LogP contribution in [0.3, 0.4) is 0 Å². The number of aromatic nitrogens is 1. The van der Waals surface area contributed by atoms with Crippen molar-refractivity contribution >= 4 is 11.4 Å². The van der Waals surface area contributed by atoms with Crippen LogP contribution in [0.15, 0.2) is 42.6 Å². The van der Waals surface area contributed by atoms with Gasteiger partial charge in [-0.15, -0.1) is 0 Å². The molecule has 2 rings (SSSR count). The molecule has 1 aromatic heterocycles. The second-order valence-corrected chi connectivity index (χ2v) is 4.62. The summed E-state index contributed by atoms with van der Waals surface area (Å²) in [7, 11) is 3.73. The number of nitrogens with zero attached hydrogens (tertiary/aromatic N) is 2. The summed E-state index contributed by atoms with van der Waals surface area (Å²) in [5, 5.41) is 3.30. The average Bonchev–Trinajstić information content (AvgIpc) is 2.48. The number of pyridine rings is 1. The van der Waals surface area contributed by atoms with E-state index < -0.39 is 0 Å². The van der Waals surface area contributed by atoms with Crippen LogP contribution in [0.25, 0.3) is 0 Å². The molecule has 0 aliphatic heterocycles. The number of hydrogen-bond acceptors (Lipinski definition) is 4. The monoisotopic (exact) mass is 271 g/mol. The van der Waals surface area contributed by atoms with Crippen molar-refractivity contribution in [2.24, 2.45) is 0 Å². The lowest BCUT2D eigenvalue weighted by atomic mass is 10.2. The Morgan fingerprint density at radius 2 is 1.95 bits per heavy atom. The van der Waals surface area contributed by atoms with E-state index in [4.69, 9.17) is 4.74 Å². The number of benzene rings is 1. The molecule has 4 heteroatoms. The highest BCUT2D eigenvalue weighted by Gasteiger charge is 2.04. The Morgan fingerprint density at radius 3 is 2.60 bits per heavy atom. The third-order valence-electron chi connectivity index (χ3n) is 3.11. The topological polar surface area (TPSA) is 37.4 Å². The second-order valence-electron chi connectivity index (χ2n) is 4.62. The summed E-state index contributed by atoms with van der Waals surface area (Å²) in [6.07, 6.45) is 1.84. The fraction of sp³-hybridized carbons (Fsp3) is 0.312. The Labute approximate surface area is 120 Å². The number of methoxy groups -OCH3 is 1. The molecule has 106 valence electrons. The summed E-state index contributed by atoms with van der Waals surface area (Å²) in [6.45, 7) is 3.77. The van der Waals surface area contributed by atoms with Crippen LogP contribution in [0.5, 0.6) is 5.75 Å². The molecule has 0 spiro atoms. The zero-order chi connectivity index (χ0) is 14.4. The van der Waals surface area contributed by atoms with Crippen molar-refractivity contribution in [3.05, 3.63) is 48.3 Å². The van der Waals surface area contributed by atoms with Gasteiger partial charge in [0, 0.05) is 31.2 Å². The molecule has 0 aliphatic rings. The van der Waals surface area contributed by atoms with E-state index in [1.54, 1.807) is 7.11 Å². The zero-order valence-corrected chi connectivity index (χ0v) is 12.3. The van der Waals surface area contributed by atoms with Crippen molar-refractivity contribution in [1.82, 2.24) is 4.98 Å². The normalized spacial score (nSPS) is 10.2. The van der Waals surface area contributed by atoms with Gasteiger partial charge in [-0.1, -0.05) is 0 Å². The Balaban J connectivity index is 2.06. The SMILES string of the molecule is CCNc1ccnc(CN(C)c2ccc(OC)cc2)c1. The minimum absolute atomic E-state index is 0.769. The molecule has 0 saturated carbocycles. The summed E-state index contributed by atoms with van der Waals surface area (Å²) < 4.78 is 5.17. The lowest BCUT2D eigenvalue weighted by Crippen LogP contribution is -2.17. The summed E-state index contributed by atoms with van der Waals surface area (Å²) in [4.78, 5) is 6.58. The van der Waals surface area contributed by atoms with Gasteiger partial charge in [0.15, 0.2) is 0 Å². The molecule has 0 unspecified atom stereocenters. The van der Waals surface area contributed by atoms with Crippen LogP contribution in [0.1, 0.15) is 12.6 Å². The molecule has 0 atom stereocenters. The maximum Gasteiger partial charge on any atom is 0.119 e. The van der Waals surface area contributed by atoms with Crippen LogP contribution >= 0.6 is 0 Å². The first kappa shape index (κ1) is 14.2. The highest BCUT2D eigenvalue weighted by Crippen LogP contribution is 2.20. The lowest BCUT2D eigenvalue weighted by molar-refractivity contribution is 0.415. The first-order valence-electron chi connectivity index (χ1n) is 6.77. The van der Waals surface area contributed by atoms with E-state index in [0.29, 0.717) is 0 Å². The molecule has 0 aliphatic carbocycles. The molecule has 4 nitrogen and oxygen atoms in total. The smallest absolute Gasteiger partial charge is 0.119 e. The third kappa shape index (κ3) is 3.63. The number of ether oxygens (including phenoxy) is 1. The van der Waals surface area contributed by atoms with Crippen LogP contribution in [0.4, 0.5) is 11.4 Å². The maximum atomic E-state index is 5.17. The van der Waals surface area contributed by atoms with Crippen LogP contribution in [0.2, 0.25) is 0 Å². The van der Waals surface area contributed by atoms with Gasteiger partial charge in [0.05, 0.1) is 19.3 Å². The predicted molar refractivity (Wildman–Crippen MR) is 83.5 cm³/mol. The van der Waals surface area contributed by atoms with E-state index in [0.717, 1.165) is 35.9 Å². The Hall–Kier alpha value is -2.23. The van der Waals surface area contributed by atoms with Crippen molar-refractivity contribution in [2.75, 3.05) is 30.9 Å². The van der Waals surface area contributed by atoms with Crippen molar-refractivity contribution in [3.63, 3.8) is 0 Å². The van der Waals surface area contributed by atoms with Crippen LogP contribution in [-0.4, -0.2) is 25.7 Å². The molecule has 0 saturated heterocycles. The Bertz CT molecular complexity index is 540. The Morgan fingerprint density at radius 1 is 1.20 bits per heavy atom. The summed E-state index contributed by atoms with van der Waals surface area (Å²) >= 11 is 0. The molecule has 2 aromatic rings. The first-order valence-corrected chi connectivity index (χ1v) is 6.77. The van der Waals surface area contributed by atoms with Crippen molar-refractivity contribution < 1.29 is 4.74 Å². The lowest BCUT2D eigenvalue weighted by Gasteiger charge is -2.19. The fourth-order valence-corrected chi connectivity index (χ4v) is 2.05. The number of hydrogen-bond donors (Lipinski definition) is 1. The van der Waals surface area contributed by atoms with Crippen LogP contribution < -0.4 is 15.0 Å². The standard InChI is InChI=1S/C16H21N3O/c1-4-17-13-9-10-18-14(11-13)12-19(2)15-5-7-16(20-3)8-6-15/h5-11H,4,12H2,1-3H3,(H,17,18). The van der Waals surface area contributed by atoms with Crippen LogP contribution in [0, 0.1) is 0 Å².